The van der Waals surface area contributed by atoms with Crippen molar-refractivity contribution in [1.29, 1.82) is 0 Å². The first-order valence-corrected chi connectivity index (χ1v) is 7.43. The third kappa shape index (κ3) is 4.74. The number of hydrogen-bond donors (Lipinski definition) is 2. The van der Waals surface area contributed by atoms with E-state index in [4.69, 9.17) is 9.47 Å². The number of nitrogens with zero attached hydrogens (tertiary/aromatic N) is 2. The Kier molecular flexibility index (Phi) is 4.93. The molecule has 0 bridgehead atoms. The molecule has 2 rings (SSSR count). The summed E-state index contributed by atoms with van der Waals surface area (Å²) in [5.74, 6) is 3.60. The molecular formula is C17H24N4O2. The molecule has 124 valence electrons. The lowest BCUT2D eigenvalue weighted by atomic mass is 10.1. The van der Waals surface area contributed by atoms with Crippen LogP contribution in [0.3, 0.4) is 0 Å². The maximum Gasteiger partial charge on any atom is 0.142 e. The molecule has 0 aliphatic heterocycles. The Morgan fingerprint density at radius 1 is 0.957 bits per heavy atom. The van der Waals surface area contributed by atoms with Crippen molar-refractivity contribution >= 4 is 17.3 Å². The number of aryl methyl sites for hydroxylation is 1. The summed E-state index contributed by atoms with van der Waals surface area (Å²) in [5.41, 5.74) is 0.706. The minimum atomic E-state index is -0.0777. The second kappa shape index (κ2) is 6.73. The predicted molar refractivity (Wildman–Crippen MR) is 93.0 cm³/mol. The molecule has 0 aliphatic rings. The minimum Gasteiger partial charge on any atom is -0.497 e. The summed E-state index contributed by atoms with van der Waals surface area (Å²) in [4.78, 5) is 8.85. The summed E-state index contributed by atoms with van der Waals surface area (Å²) in [7, 11) is 3.26. The van der Waals surface area contributed by atoms with Crippen LogP contribution in [0.25, 0.3) is 0 Å². The normalized spacial score (nSPS) is 11.0. The molecule has 6 heteroatoms. The van der Waals surface area contributed by atoms with Crippen molar-refractivity contribution in [3.8, 4) is 11.5 Å². The van der Waals surface area contributed by atoms with Crippen molar-refractivity contribution in [1.82, 2.24) is 9.97 Å². The summed E-state index contributed by atoms with van der Waals surface area (Å²) in [6.45, 7) is 8.12. The molecule has 2 N–H and O–H groups in total. The largest absolute Gasteiger partial charge is 0.497 e. The summed E-state index contributed by atoms with van der Waals surface area (Å²) in [5, 5.41) is 6.62. The van der Waals surface area contributed by atoms with Crippen LogP contribution < -0.4 is 20.1 Å². The first-order chi connectivity index (χ1) is 10.8. The van der Waals surface area contributed by atoms with Crippen molar-refractivity contribution < 1.29 is 9.47 Å². The molecule has 6 nitrogen and oxygen atoms in total. The van der Waals surface area contributed by atoms with Gasteiger partial charge in [0, 0.05) is 17.7 Å². The lowest BCUT2D eigenvalue weighted by Crippen LogP contribution is -2.27. The summed E-state index contributed by atoms with van der Waals surface area (Å²) >= 11 is 0. The zero-order valence-corrected chi connectivity index (χ0v) is 14.5. The van der Waals surface area contributed by atoms with E-state index in [0.29, 0.717) is 17.4 Å². The molecule has 0 unspecified atom stereocenters. The molecule has 0 aliphatic carbocycles. The van der Waals surface area contributed by atoms with Gasteiger partial charge in [-0.1, -0.05) is 0 Å². The van der Waals surface area contributed by atoms with Crippen LogP contribution in [0.5, 0.6) is 11.5 Å². The van der Waals surface area contributed by atoms with Crippen LogP contribution >= 0.6 is 0 Å². The Hall–Kier alpha value is -2.50. The molecule has 0 spiro atoms. The second-order valence-electron chi connectivity index (χ2n) is 6.25. The monoisotopic (exact) mass is 316 g/mol. The molecule has 1 heterocycles. The van der Waals surface area contributed by atoms with E-state index in [1.807, 2.05) is 31.2 Å². The zero-order valence-electron chi connectivity index (χ0n) is 14.5. The van der Waals surface area contributed by atoms with Gasteiger partial charge in [0.2, 0.25) is 0 Å². The standard InChI is InChI=1S/C17H24N4O2/c1-11-18-15(10-16(19-11)21-17(2,3)4)20-13-9-12(22-5)7-8-14(13)23-6/h7-10H,1-6H3,(H2,18,19,20,21). The van der Waals surface area contributed by atoms with E-state index in [-0.39, 0.29) is 5.54 Å². The Morgan fingerprint density at radius 2 is 1.65 bits per heavy atom. The highest BCUT2D eigenvalue weighted by Gasteiger charge is 2.13. The van der Waals surface area contributed by atoms with E-state index >= 15 is 0 Å². The predicted octanol–water partition coefficient (Wildman–Crippen LogP) is 3.76. The lowest BCUT2D eigenvalue weighted by Gasteiger charge is -2.22. The van der Waals surface area contributed by atoms with E-state index < -0.39 is 0 Å². The van der Waals surface area contributed by atoms with Crippen molar-refractivity contribution in [2.75, 3.05) is 24.9 Å². The van der Waals surface area contributed by atoms with Crippen LogP contribution in [-0.2, 0) is 0 Å². The smallest absolute Gasteiger partial charge is 0.142 e. The first kappa shape index (κ1) is 16.9. The van der Waals surface area contributed by atoms with Crippen LogP contribution in [0.2, 0.25) is 0 Å². The Balaban J connectivity index is 2.33. The SMILES string of the molecule is COc1ccc(OC)c(Nc2cc(NC(C)(C)C)nc(C)n2)c1. The van der Waals surface area contributed by atoms with Gasteiger partial charge in [-0.25, -0.2) is 9.97 Å². The van der Waals surface area contributed by atoms with Gasteiger partial charge in [0.1, 0.15) is 29.0 Å². The lowest BCUT2D eigenvalue weighted by molar-refractivity contribution is 0.405. The molecule has 1 aromatic heterocycles. The van der Waals surface area contributed by atoms with Gasteiger partial charge in [-0.15, -0.1) is 0 Å². The fraction of sp³-hybridized carbons (Fsp3) is 0.412. The number of anilines is 3. The fourth-order valence-corrected chi connectivity index (χ4v) is 2.13. The van der Waals surface area contributed by atoms with E-state index in [2.05, 4.69) is 41.4 Å². The number of ether oxygens (including phenoxy) is 2. The number of hydrogen-bond acceptors (Lipinski definition) is 6. The minimum absolute atomic E-state index is 0.0777. The molecule has 0 radical (unpaired) electrons. The second-order valence-corrected chi connectivity index (χ2v) is 6.25. The number of methoxy groups -OCH3 is 2. The third-order valence-electron chi connectivity index (χ3n) is 3.01. The van der Waals surface area contributed by atoms with Gasteiger partial charge in [-0.3, -0.25) is 0 Å². The number of rotatable bonds is 5. The van der Waals surface area contributed by atoms with Crippen LogP contribution in [0, 0.1) is 6.92 Å². The van der Waals surface area contributed by atoms with Crippen molar-refractivity contribution in [3.05, 3.63) is 30.1 Å². The molecule has 2 aromatic rings. The number of aromatic nitrogens is 2. The highest BCUT2D eigenvalue weighted by molar-refractivity contribution is 5.67. The maximum atomic E-state index is 5.38. The third-order valence-corrected chi connectivity index (χ3v) is 3.01. The average molecular weight is 316 g/mol. The topological polar surface area (TPSA) is 68.3 Å². The molecule has 1 aromatic carbocycles. The molecule has 0 fully saturated rings. The van der Waals surface area contributed by atoms with E-state index in [1.54, 1.807) is 14.2 Å². The molecule has 0 atom stereocenters. The van der Waals surface area contributed by atoms with Crippen molar-refractivity contribution in [3.63, 3.8) is 0 Å². The fourth-order valence-electron chi connectivity index (χ4n) is 2.13. The molecule has 0 saturated carbocycles. The first-order valence-electron chi connectivity index (χ1n) is 7.43. The molecule has 0 amide bonds. The van der Waals surface area contributed by atoms with E-state index in [0.717, 1.165) is 17.3 Å². The Bertz CT molecular complexity index is 681. The average Bonchev–Trinajstić information content (AvgIpc) is 2.44. The van der Waals surface area contributed by atoms with Crippen molar-refractivity contribution in [2.24, 2.45) is 0 Å². The highest BCUT2D eigenvalue weighted by Crippen LogP contribution is 2.31. The van der Waals surface area contributed by atoms with Gasteiger partial charge in [0.05, 0.1) is 19.9 Å². The summed E-state index contributed by atoms with van der Waals surface area (Å²) < 4.78 is 10.6. The van der Waals surface area contributed by atoms with Gasteiger partial charge in [-0.05, 0) is 39.8 Å². The van der Waals surface area contributed by atoms with Crippen molar-refractivity contribution in [2.45, 2.75) is 33.2 Å². The Morgan fingerprint density at radius 3 is 2.26 bits per heavy atom. The number of benzene rings is 1. The van der Waals surface area contributed by atoms with Crippen LogP contribution in [0.15, 0.2) is 24.3 Å². The molecule has 0 saturated heterocycles. The quantitative estimate of drug-likeness (QED) is 0.875. The van der Waals surface area contributed by atoms with E-state index in [1.165, 1.54) is 0 Å². The van der Waals surface area contributed by atoms with Gasteiger partial charge in [-0.2, -0.15) is 0 Å². The maximum absolute atomic E-state index is 5.38. The summed E-state index contributed by atoms with van der Waals surface area (Å²) in [6, 6.07) is 7.44. The van der Waals surface area contributed by atoms with Gasteiger partial charge in [0.15, 0.2) is 0 Å². The van der Waals surface area contributed by atoms with Crippen LogP contribution in [-0.4, -0.2) is 29.7 Å². The Labute approximate surface area is 137 Å². The van der Waals surface area contributed by atoms with Gasteiger partial charge < -0.3 is 20.1 Å². The van der Waals surface area contributed by atoms with Gasteiger partial charge in [0.25, 0.3) is 0 Å². The summed E-state index contributed by atoms with van der Waals surface area (Å²) in [6.07, 6.45) is 0. The van der Waals surface area contributed by atoms with Gasteiger partial charge >= 0.3 is 0 Å². The zero-order chi connectivity index (χ0) is 17.0. The van der Waals surface area contributed by atoms with Crippen LogP contribution in [0.1, 0.15) is 26.6 Å². The highest BCUT2D eigenvalue weighted by atomic mass is 16.5. The van der Waals surface area contributed by atoms with Crippen LogP contribution in [0.4, 0.5) is 17.3 Å². The molecular weight excluding hydrogens is 292 g/mol. The number of nitrogens with one attached hydrogen (secondary N) is 2. The van der Waals surface area contributed by atoms with E-state index in [9.17, 15) is 0 Å². The molecule has 23 heavy (non-hydrogen) atoms.